The predicted molar refractivity (Wildman–Crippen MR) is 66.5 cm³/mol. The molecule has 2 aromatic rings. The normalized spacial score (nSPS) is 12.6. The van der Waals surface area contributed by atoms with Crippen molar-refractivity contribution in [2.24, 2.45) is 5.73 Å². The van der Waals surface area contributed by atoms with Crippen LogP contribution in [0, 0.1) is 0 Å². The molecule has 17 heavy (non-hydrogen) atoms. The summed E-state index contributed by atoms with van der Waals surface area (Å²) in [6, 6.07) is 13.9. The van der Waals surface area contributed by atoms with Gasteiger partial charge in [0, 0.05) is 7.11 Å². The van der Waals surface area contributed by atoms with E-state index in [-0.39, 0.29) is 6.04 Å². The van der Waals surface area contributed by atoms with Gasteiger partial charge in [0.15, 0.2) is 0 Å². The molecule has 0 aliphatic rings. The molecule has 90 valence electrons. The van der Waals surface area contributed by atoms with Crippen molar-refractivity contribution in [1.29, 1.82) is 0 Å². The number of nitrogens with two attached hydrogens (primary N) is 1. The van der Waals surface area contributed by atoms with Gasteiger partial charge in [-0.3, -0.25) is 0 Å². The summed E-state index contributed by atoms with van der Waals surface area (Å²) in [5.41, 5.74) is 7.31. The Morgan fingerprint density at radius 3 is 2.65 bits per heavy atom. The van der Waals surface area contributed by atoms with E-state index in [0.717, 1.165) is 17.9 Å². The van der Waals surface area contributed by atoms with Crippen molar-refractivity contribution in [3.05, 3.63) is 59.5 Å². The van der Waals surface area contributed by atoms with E-state index in [0.29, 0.717) is 6.61 Å². The number of hydrogen-bond acceptors (Lipinski definition) is 3. The second-order valence-electron chi connectivity index (χ2n) is 4.03. The summed E-state index contributed by atoms with van der Waals surface area (Å²) >= 11 is 0. The molecule has 1 aromatic heterocycles. The first-order valence-electron chi connectivity index (χ1n) is 5.66. The summed E-state index contributed by atoms with van der Waals surface area (Å²) in [6.07, 6.45) is 0.779. The molecule has 0 radical (unpaired) electrons. The van der Waals surface area contributed by atoms with Gasteiger partial charge in [-0.05, 0) is 24.1 Å². The van der Waals surface area contributed by atoms with Crippen molar-refractivity contribution < 1.29 is 9.15 Å². The van der Waals surface area contributed by atoms with Gasteiger partial charge >= 0.3 is 0 Å². The van der Waals surface area contributed by atoms with E-state index < -0.39 is 0 Å². The Morgan fingerprint density at radius 2 is 1.94 bits per heavy atom. The minimum Gasteiger partial charge on any atom is -0.462 e. The second-order valence-corrected chi connectivity index (χ2v) is 4.03. The summed E-state index contributed by atoms with van der Waals surface area (Å²) in [5.74, 6) is 1.62. The SMILES string of the molecule is COCc1ccc(C(N)Cc2ccccc2)o1. The third-order valence-electron chi connectivity index (χ3n) is 2.63. The van der Waals surface area contributed by atoms with Gasteiger partial charge in [0.1, 0.15) is 18.1 Å². The lowest BCUT2D eigenvalue weighted by molar-refractivity contribution is 0.162. The number of ether oxygens (including phenoxy) is 1. The highest BCUT2D eigenvalue weighted by atomic mass is 16.5. The zero-order valence-corrected chi connectivity index (χ0v) is 9.93. The minimum atomic E-state index is -0.108. The van der Waals surface area contributed by atoms with Gasteiger partial charge in [-0.2, -0.15) is 0 Å². The average molecular weight is 231 g/mol. The van der Waals surface area contributed by atoms with Crippen LogP contribution in [0.15, 0.2) is 46.9 Å². The number of rotatable bonds is 5. The Morgan fingerprint density at radius 1 is 1.18 bits per heavy atom. The van der Waals surface area contributed by atoms with E-state index in [1.807, 2.05) is 30.3 Å². The van der Waals surface area contributed by atoms with Crippen LogP contribution in [0.1, 0.15) is 23.1 Å². The average Bonchev–Trinajstić information content (AvgIpc) is 2.79. The summed E-state index contributed by atoms with van der Waals surface area (Å²) in [6.45, 7) is 0.484. The van der Waals surface area contributed by atoms with Crippen LogP contribution in [0.2, 0.25) is 0 Å². The highest BCUT2D eigenvalue weighted by Gasteiger charge is 2.11. The molecular formula is C14H17NO2. The molecule has 0 amide bonds. The molecule has 1 unspecified atom stereocenters. The lowest BCUT2D eigenvalue weighted by Crippen LogP contribution is -2.12. The van der Waals surface area contributed by atoms with Crippen molar-refractivity contribution in [3.8, 4) is 0 Å². The van der Waals surface area contributed by atoms with Gasteiger partial charge < -0.3 is 14.9 Å². The minimum absolute atomic E-state index is 0.108. The first-order valence-corrected chi connectivity index (χ1v) is 5.66. The van der Waals surface area contributed by atoms with Crippen LogP contribution >= 0.6 is 0 Å². The molecule has 1 atom stereocenters. The van der Waals surface area contributed by atoms with Crippen LogP contribution < -0.4 is 5.73 Å². The highest BCUT2D eigenvalue weighted by Crippen LogP contribution is 2.19. The molecule has 0 saturated carbocycles. The summed E-state index contributed by atoms with van der Waals surface area (Å²) in [4.78, 5) is 0. The van der Waals surface area contributed by atoms with Crippen LogP contribution in [0.3, 0.4) is 0 Å². The quantitative estimate of drug-likeness (QED) is 0.860. The van der Waals surface area contributed by atoms with Gasteiger partial charge in [0.2, 0.25) is 0 Å². The predicted octanol–water partition coefficient (Wildman–Crippen LogP) is 2.67. The summed E-state index contributed by atoms with van der Waals surface area (Å²) in [5, 5.41) is 0. The van der Waals surface area contributed by atoms with E-state index in [2.05, 4.69) is 12.1 Å². The Labute approximate surface area is 101 Å². The first kappa shape index (κ1) is 11.9. The molecule has 0 aliphatic carbocycles. The zero-order valence-electron chi connectivity index (χ0n) is 9.93. The third kappa shape index (κ3) is 3.19. The second kappa shape index (κ2) is 5.66. The molecule has 1 heterocycles. The monoisotopic (exact) mass is 231 g/mol. The number of furan rings is 1. The smallest absolute Gasteiger partial charge is 0.129 e. The standard InChI is InChI=1S/C14H17NO2/c1-16-10-12-7-8-14(17-12)13(15)9-11-5-3-2-4-6-11/h2-8,13H,9-10,15H2,1H3. The van der Waals surface area contributed by atoms with Crippen molar-refractivity contribution in [2.45, 2.75) is 19.1 Å². The molecule has 2 N–H and O–H groups in total. The summed E-state index contributed by atoms with van der Waals surface area (Å²) in [7, 11) is 1.64. The molecule has 2 rings (SSSR count). The molecule has 0 saturated heterocycles. The van der Waals surface area contributed by atoms with Crippen LogP contribution in [0.25, 0.3) is 0 Å². The maximum absolute atomic E-state index is 6.10. The van der Waals surface area contributed by atoms with Crippen molar-refractivity contribution >= 4 is 0 Å². The lowest BCUT2D eigenvalue weighted by Gasteiger charge is -2.08. The van der Waals surface area contributed by atoms with Gasteiger partial charge in [0.25, 0.3) is 0 Å². The molecular weight excluding hydrogens is 214 g/mol. The first-order chi connectivity index (χ1) is 8.29. The Hall–Kier alpha value is -1.58. The van der Waals surface area contributed by atoms with E-state index in [9.17, 15) is 0 Å². The van der Waals surface area contributed by atoms with E-state index in [4.69, 9.17) is 14.9 Å². The zero-order chi connectivity index (χ0) is 12.1. The van der Waals surface area contributed by atoms with Gasteiger partial charge in [0.05, 0.1) is 6.04 Å². The van der Waals surface area contributed by atoms with Crippen molar-refractivity contribution in [3.63, 3.8) is 0 Å². The van der Waals surface area contributed by atoms with E-state index >= 15 is 0 Å². The van der Waals surface area contributed by atoms with Crippen molar-refractivity contribution in [2.75, 3.05) is 7.11 Å². The fraction of sp³-hybridized carbons (Fsp3) is 0.286. The highest BCUT2D eigenvalue weighted by molar-refractivity contribution is 5.19. The van der Waals surface area contributed by atoms with E-state index in [1.165, 1.54) is 5.56 Å². The number of benzene rings is 1. The molecule has 0 fully saturated rings. The van der Waals surface area contributed by atoms with E-state index in [1.54, 1.807) is 7.11 Å². The lowest BCUT2D eigenvalue weighted by atomic mass is 10.1. The fourth-order valence-corrected chi connectivity index (χ4v) is 1.78. The third-order valence-corrected chi connectivity index (χ3v) is 2.63. The maximum atomic E-state index is 6.10. The molecule has 3 heteroatoms. The largest absolute Gasteiger partial charge is 0.462 e. The number of methoxy groups -OCH3 is 1. The van der Waals surface area contributed by atoms with Crippen LogP contribution in [-0.4, -0.2) is 7.11 Å². The summed E-state index contributed by atoms with van der Waals surface area (Å²) < 4.78 is 10.6. The fourth-order valence-electron chi connectivity index (χ4n) is 1.78. The van der Waals surface area contributed by atoms with Gasteiger partial charge in [-0.15, -0.1) is 0 Å². The number of hydrogen-bond donors (Lipinski definition) is 1. The molecule has 0 spiro atoms. The molecule has 0 bridgehead atoms. The Bertz CT molecular complexity index is 450. The molecule has 0 aliphatic heterocycles. The van der Waals surface area contributed by atoms with Crippen LogP contribution in [0.4, 0.5) is 0 Å². The Kier molecular flexibility index (Phi) is 3.96. The maximum Gasteiger partial charge on any atom is 0.129 e. The van der Waals surface area contributed by atoms with Crippen molar-refractivity contribution in [1.82, 2.24) is 0 Å². The Balaban J connectivity index is 2.01. The molecule has 1 aromatic carbocycles. The van der Waals surface area contributed by atoms with Crippen LogP contribution in [-0.2, 0) is 17.8 Å². The topological polar surface area (TPSA) is 48.4 Å². The molecule has 3 nitrogen and oxygen atoms in total. The van der Waals surface area contributed by atoms with Gasteiger partial charge in [-0.1, -0.05) is 30.3 Å². The van der Waals surface area contributed by atoms with Crippen LogP contribution in [0.5, 0.6) is 0 Å². The van der Waals surface area contributed by atoms with Gasteiger partial charge in [-0.25, -0.2) is 0 Å².